The number of fused-ring (bicyclic) bond motifs is 2. The lowest BCUT2D eigenvalue weighted by Gasteiger charge is -2.18. The van der Waals surface area contributed by atoms with E-state index in [-0.39, 0.29) is 30.9 Å². The fourth-order valence-electron chi connectivity index (χ4n) is 2.47. The first kappa shape index (κ1) is 17.6. The normalized spacial score (nSPS) is 11.5. The Kier molecular flexibility index (Phi) is 6.28. The Bertz CT molecular complexity index is 674. The highest BCUT2D eigenvalue weighted by Gasteiger charge is 2.08. The van der Waals surface area contributed by atoms with Gasteiger partial charge in [0.1, 0.15) is 0 Å². The molecule has 0 radical (unpaired) electrons. The average molecular weight is 323 g/mol. The van der Waals surface area contributed by atoms with Crippen LogP contribution in [0.3, 0.4) is 0 Å². The van der Waals surface area contributed by atoms with E-state index in [1.807, 2.05) is 0 Å². The summed E-state index contributed by atoms with van der Waals surface area (Å²) in [7, 11) is 0. The molecule has 4 heteroatoms. The minimum atomic E-state index is 0. The van der Waals surface area contributed by atoms with Gasteiger partial charge in [0.2, 0.25) is 0 Å². The molecule has 0 saturated heterocycles. The van der Waals surface area contributed by atoms with Crippen LogP contribution in [0.25, 0.3) is 21.5 Å². The summed E-state index contributed by atoms with van der Waals surface area (Å²) in [5.74, 6) is 0. The second-order valence-corrected chi connectivity index (χ2v) is 4.97. The quantitative estimate of drug-likeness (QED) is 0.692. The molecule has 112 valence electrons. The van der Waals surface area contributed by atoms with Crippen LogP contribution < -0.4 is 11.1 Å². The van der Waals surface area contributed by atoms with Crippen molar-refractivity contribution in [3.8, 4) is 0 Å². The lowest BCUT2D eigenvalue weighted by Crippen LogP contribution is -2.25. The smallest absolute Gasteiger partial charge is 0.0502 e. The van der Waals surface area contributed by atoms with Gasteiger partial charge < -0.3 is 11.1 Å². The molecule has 0 spiro atoms. The molecule has 3 aromatic rings. The van der Waals surface area contributed by atoms with Crippen molar-refractivity contribution in [1.82, 2.24) is 0 Å². The van der Waals surface area contributed by atoms with Crippen LogP contribution in [-0.4, -0.2) is 12.6 Å². The van der Waals surface area contributed by atoms with Gasteiger partial charge >= 0.3 is 0 Å². The SMILES string of the molecule is CC(CN)Nc1c2ccccc2cc2ccccc12.Cl.Cl. The first-order chi connectivity index (χ1) is 9.29. The van der Waals surface area contributed by atoms with E-state index in [1.54, 1.807) is 0 Å². The van der Waals surface area contributed by atoms with Gasteiger partial charge in [0.05, 0.1) is 5.69 Å². The number of nitrogens with one attached hydrogen (secondary N) is 1. The topological polar surface area (TPSA) is 38.0 Å². The van der Waals surface area contributed by atoms with Crippen LogP contribution in [0.4, 0.5) is 5.69 Å². The van der Waals surface area contributed by atoms with Crippen molar-refractivity contribution in [1.29, 1.82) is 0 Å². The van der Waals surface area contributed by atoms with Gasteiger partial charge in [0.15, 0.2) is 0 Å². The Balaban J connectivity index is 0.00000110. The van der Waals surface area contributed by atoms with E-state index in [4.69, 9.17) is 5.73 Å². The number of anilines is 1. The van der Waals surface area contributed by atoms with E-state index in [0.717, 1.165) is 0 Å². The maximum atomic E-state index is 5.75. The fraction of sp³-hybridized carbons (Fsp3) is 0.176. The summed E-state index contributed by atoms with van der Waals surface area (Å²) >= 11 is 0. The van der Waals surface area contributed by atoms with Gasteiger partial charge in [-0.15, -0.1) is 24.8 Å². The molecular formula is C17H20Cl2N2. The summed E-state index contributed by atoms with van der Waals surface area (Å²) < 4.78 is 0. The van der Waals surface area contributed by atoms with E-state index in [2.05, 4.69) is 66.8 Å². The lowest BCUT2D eigenvalue weighted by molar-refractivity contribution is 0.806. The Morgan fingerprint density at radius 1 is 0.905 bits per heavy atom. The maximum Gasteiger partial charge on any atom is 0.0502 e. The molecule has 0 heterocycles. The summed E-state index contributed by atoms with van der Waals surface area (Å²) in [5, 5.41) is 8.57. The molecular weight excluding hydrogens is 303 g/mol. The van der Waals surface area contributed by atoms with Crippen LogP contribution in [0, 0.1) is 0 Å². The highest BCUT2D eigenvalue weighted by Crippen LogP contribution is 2.33. The van der Waals surface area contributed by atoms with Crippen molar-refractivity contribution in [2.75, 3.05) is 11.9 Å². The Labute approximate surface area is 137 Å². The summed E-state index contributed by atoms with van der Waals surface area (Å²) in [6.45, 7) is 2.73. The summed E-state index contributed by atoms with van der Waals surface area (Å²) in [6, 6.07) is 19.4. The predicted molar refractivity (Wildman–Crippen MR) is 98.1 cm³/mol. The maximum absolute atomic E-state index is 5.75. The van der Waals surface area contributed by atoms with E-state index in [9.17, 15) is 0 Å². The summed E-state index contributed by atoms with van der Waals surface area (Å²) in [5.41, 5.74) is 6.93. The number of benzene rings is 3. The Morgan fingerprint density at radius 3 is 1.86 bits per heavy atom. The molecule has 3 aromatic carbocycles. The standard InChI is InChI=1S/C17H18N2.2ClH/c1-12(11-18)19-17-15-8-4-2-6-13(15)10-14-7-3-5-9-16(14)17;;/h2-10,12,19H,11,18H2,1H3;2*1H. The average Bonchev–Trinajstić information content (AvgIpc) is 2.46. The van der Waals surface area contributed by atoms with Crippen LogP contribution >= 0.6 is 24.8 Å². The van der Waals surface area contributed by atoms with E-state index in [1.165, 1.54) is 27.2 Å². The molecule has 0 bridgehead atoms. The third-order valence-electron chi connectivity index (χ3n) is 3.52. The van der Waals surface area contributed by atoms with Gasteiger partial charge in [-0.25, -0.2) is 0 Å². The van der Waals surface area contributed by atoms with Gasteiger partial charge in [-0.05, 0) is 23.8 Å². The zero-order chi connectivity index (χ0) is 13.2. The molecule has 1 atom stereocenters. The number of nitrogens with two attached hydrogens (primary N) is 1. The van der Waals surface area contributed by atoms with Crippen LogP contribution in [-0.2, 0) is 0 Å². The van der Waals surface area contributed by atoms with E-state index >= 15 is 0 Å². The molecule has 21 heavy (non-hydrogen) atoms. The third kappa shape index (κ3) is 3.41. The molecule has 0 aliphatic carbocycles. The van der Waals surface area contributed by atoms with Gasteiger partial charge in [0.25, 0.3) is 0 Å². The van der Waals surface area contributed by atoms with Crippen molar-refractivity contribution in [2.45, 2.75) is 13.0 Å². The minimum absolute atomic E-state index is 0. The van der Waals surface area contributed by atoms with Gasteiger partial charge in [-0.3, -0.25) is 0 Å². The molecule has 0 amide bonds. The van der Waals surface area contributed by atoms with Crippen LogP contribution in [0.5, 0.6) is 0 Å². The third-order valence-corrected chi connectivity index (χ3v) is 3.52. The van der Waals surface area contributed by atoms with Gasteiger partial charge in [0, 0.05) is 23.4 Å². The van der Waals surface area contributed by atoms with E-state index in [0.29, 0.717) is 6.54 Å². The second-order valence-electron chi connectivity index (χ2n) is 4.97. The zero-order valence-corrected chi connectivity index (χ0v) is 13.5. The van der Waals surface area contributed by atoms with Crippen molar-refractivity contribution < 1.29 is 0 Å². The number of hydrogen-bond donors (Lipinski definition) is 2. The molecule has 0 aliphatic heterocycles. The monoisotopic (exact) mass is 322 g/mol. The van der Waals surface area contributed by atoms with Gasteiger partial charge in [-0.2, -0.15) is 0 Å². The Hall–Kier alpha value is -1.48. The fourth-order valence-corrected chi connectivity index (χ4v) is 2.47. The molecule has 2 nitrogen and oxygen atoms in total. The molecule has 3 rings (SSSR count). The van der Waals surface area contributed by atoms with Gasteiger partial charge in [-0.1, -0.05) is 48.5 Å². The van der Waals surface area contributed by atoms with Crippen LogP contribution in [0.15, 0.2) is 54.6 Å². The summed E-state index contributed by atoms with van der Waals surface area (Å²) in [6.07, 6.45) is 0. The molecule has 0 saturated carbocycles. The highest BCUT2D eigenvalue weighted by atomic mass is 35.5. The number of hydrogen-bond acceptors (Lipinski definition) is 2. The molecule has 0 aromatic heterocycles. The van der Waals surface area contributed by atoms with E-state index < -0.39 is 0 Å². The molecule has 0 fully saturated rings. The van der Waals surface area contributed by atoms with Crippen LogP contribution in [0.1, 0.15) is 6.92 Å². The van der Waals surface area contributed by atoms with Crippen molar-refractivity contribution in [3.05, 3.63) is 54.6 Å². The highest BCUT2D eigenvalue weighted by molar-refractivity contribution is 6.11. The number of rotatable bonds is 3. The predicted octanol–water partition coefficient (Wildman–Crippen LogP) is 4.60. The van der Waals surface area contributed by atoms with Crippen LogP contribution in [0.2, 0.25) is 0 Å². The molecule has 1 unspecified atom stereocenters. The number of halogens is 2. The van der Waals surface area contributed by atoms with Crippen molar-refractivity contribution in [2.24, 2.45) is 5.73 Å². The van der Waals surface area contributed by atoms with Crippen molar-refractivity contribution >= 4 is 52.0 Å². The second kappa shape index (κ2) is 7.51. The largest absolute Gasteiger partial charge is 0.380 e. The zero-order valence-electron chi connectivity index (χ0n) is 11.9. The summed E-state index contributed by atoms with van der Waals surface area (Å²) in [4.78, 5) is 0. The first-order valence-electron chi connectivity index (χ1n) is 6.66. The van der Waals surface area contributed by atoms with Crippen molar-refractivity contribution in [3.63, 3.8) is 0 Å². The Morgan fingerprint density at radius 2 is 1.38 bits per heavy atom. The lowest BCUT2D eigenvalue weighted by atomic mass is 10.0. The molecule has 3 N–H and O–H groups in total. The minimum Gasteiger partial charge on any atom is -0.380 e. The molecule has 0 aliphatic rings. The first-order valence-corrected chi connectivity index (χ1v) is 6.66.